The van der Waals surface area contributed by atoms with Gasteiger partial charge in [0.1, 0.15) is 0 Å². The molecule has 4 nitrogen and oxygen atoms in total. The maximum atomic E-state index is 11.3. The van der Waals surface area contributed by atoms with E-state index in [4.69, 9.17) is 0 Å². The second kappa shape index (κ2) is 8.92. The highest BCUT2D eigenvalue weighted by molar-refractivity contribution is 5.95. The number of phenols is 4. The molecule has 37 heavy (non-hydrogen) atoms. The van der Waals surface area contributed by atoms with Crippen LogP contribution in [0.25, 0.3) is 32.7 Å². The standard InChI is InChI=1S/C33H24O4/c34-27-18-23-10-4-6-12-25(23)30(32(27)36)29(22-16-14-21(15-17-22)20-8-2-1-3-9-20)31-26-13-7-5-11-24(26)19-28(35)33(31)37/h1-19,29,34-37H. The van der Waals surface area contributed by atoms with Crippen LogP contribution in [0.1, 0.15) is 22.6 Å². The van der Waals surface area contributed by atoms with Crippen molar-refractivity contribution in [3.8, 4) is 34.1 Å². The van der Waals surface area contributed by atoms with E-state index >= 15 is 0 Å². The van der Waals surface area contributed by atoms with E-state index < -0.39 is 5.92 Å². The third-order valence-electron chi connectivity index (χ3n) is 7.01. The van der Waals surface area contributed by atoms with Crippen molar-refractivity contribution in [2.24, 2.45) is 0 Å². The van der Waals surface area contributed by atoms with Gasteiger partial charge in [-0.1, -0.05) is 103 Å². The van der Waals surface area contributed by atoms with Gasteiger partial charge in [0.15, 0.2) is 23.0 Å². The topological polar surface area (TPSA) is 80.9 Å². The molecule has 0 aromatic heterocycles. The predicted octanol–water partition coefficient (Wildman–Crippen LogP) is 7.66. The zero-order chi connectivity index (χ0) is 25.5. The number of benzene rings is 6. The van der Waals surface area contributed by atoms with Gasteiger partial charge in [-0.15, -0.1) is 0 Å². The van der Waals surface area contributed by atoms with Crippen LogP contribution in [-0.2, 0) is 0 Å². The van der Waals surface area contributed by atoms with Crippen LogP contribution in [0.15, 0.2) is 115 Å². The lowest BCUT2D eigenvalue weighted by molar-refractivity contribution is 0.395. The molecular weight excluding hydrogens is 460 g/mol. The lowest BCUT2D eigenvalue weighted by Crippen LogP contribution is -2.06. The van der Waals surface area contributed by atoms with Crippen LogP contribution in [0, 0.1) is 0 Å². The van der Waals surface area contributed by atoms with E-state index in [1.54, 1.807) is 0 Å². The number of fused-ring (bicyclic) bond motifs is 2. The van der Waals surface area contributed by atoms with Crippen molar-refractivity contribution < 1.29 is 20.4 Å². The van der Waals surface area contributed by atoms with Crippen molar-refractivity contribution in [1.82, 2.24) is 0 Å². The summed E-state index contributed by atoms with van der Waals surface area (Å²) in [5.74, 6) is -1.71. The predicted molar refractivity (Wildman–Crippen MR) is 147 cm³/mol. The Morgan fingerprint density at radius 1 is 0.432 bits per heavy atom. The monoisotopic (exact) mass is 484 g/mol. The highest BCUT2D eigenvalue weighted by atomic mass is 16.3. The number of aromatic hydroxyl groups is 4. The summed E-state index contributed by atoms with van der Waals surface area (Å²) in [5.41, 5.74) is 3.79. The molecule has 0 radical (unpaired) electrons. The van der Waals surface area contributed by atoms with Crippen LogP contribution in [0.2, 0.25) is 0 Å². The van der Waals surface area contributed by atoms with Crippen LogP contribution in [0.3, 0.4) is 0 Å². The van der Waals surface area contributed by atoms with Crippen molar-refractivity contribution in [1.29, 1.82) is 0 Å². The maximum absolute atomic E-state index is 11.3. The number of rotatable bonds is 4. The summed E-state index contributed by atoms with van der Waals surface area (Å²) in [6.07, 6.45) is 0. The molecule has 0 heterocycles. The molecule has 180 valence electrons. The van der Waals surface area contributed by atoms with Crippen LogP contribution >= 0.6 is 0 Å². The molecule has 0 saturated heterocycles. The van der Waals surface area contributed by atoms with Gasteiger partial charge in [-0.05, 0) is 50.4 Å². The molecule has 0 amide bonds. The molecule has 4 heteroatoms. The summed E-state index contributed by atoms with van der Waals surface area (Å²) < 4.78 is 0. The molecule has 4 N–H and O–H groups in total. The fourth-order valence-electron chi connectivity index (χ4n) is 5.26. The van der Waals surface area contributed by atoms with Crippen LogP contribution in [0.5, 0.6) is 23.0 Å². The maximum Gasteiger partial charge on any atom is 0.162 e. The van der Waals surface area contributed by atoms with Gasteiger partial charge >= 0.3 is 0 Å². The van der Waals surface area contributed by atoms with Crippen molar-refractivity contribution in [3.63, 3.8) is 0 Å². The molecule has 0 aliphatic rings. The van der Waals surface area contributed by atoms with Gasteiger partial charge in [0.25, 0.3) is 0 Å². The Morgan fingerprint density at radius 3 is 1.38 bits per heavy atom. The summed E-state index contributed by atoms with van der Waals surface area (Å²) in [7, 11) is 0. The second-order valence-electron chi connectivity index (χ2n) is 9.18. The van der Waals surface area contributed by atoms with Crippen LogP contribution < -0.4 is 0 Å². The average Bonchev–Trinajstić information content (AvgIpc) is 2.93. The highest BCUT2D eigenvalue weighted by Gasteiger charge is 2.29. The van der Waals surface area contributed by atoms with Gasteiger partial charge in [0.05, 0.1) is 0 Å². The summed E-state index contributed by atoms with van der Waals surface area (Å²) in [6, 6.07) is 36.0. The summed E-state index contributed by atoms with van der Waals surface area (Å²) >= 11 is 0. The van der Waals surface area contributed by atoms with E-state index in [0.717, 1.165) is 38.2 Å². The fraction of sp³-hybridized carbons (Fsp3) is 0.0303. The molecule has 0 fully saturated rings. The first-order valence-electron chi connectivity index (χ1n) is 12.1. The van der Waals surface area contributed by atoms with Crippen LogP contribution in [0.4, 0.5) is 0 Å². The smallest absolute Gasteiger partial charge is 0.162 e. The molecule has 0 saturated carbocycles. The van der Waals surface area contributed by atoms with Crippen molar-refractivity contribution >= 4 is 21.5 Å². The molecule has 6 aromatic rings. The minimum absolute atomic E-state index is 0.247. The van der Waals surface area contributed by atoms with E-state index in [0.29, 0.717) is 11.1 Å². The largest absolute Gasteiger partial charge is 0.504 e. The van der Waals surface area contributed by atoms with Gasteiger partial charge < -0.3 is 20.4 Å². The Hall–Kier alpha value is -4.96. The minimum atomic E-state index is -0.696. The first kappa shape index (κ1) is 22.5. The molecule has 0 aliphatic carbocycles. The van der Waals surface area contributed by atoms with Gasteiger partial charge in [0.2, 0.25) is 0 Å². The molecule has 0 aliphatic heterocycles. The van der Waals surface area contributed by atoms with Crippen molar-refractivity contribution in [2.45, 2.75) is 5.92 Å². The summed E-state index contributed by atoms with van der Waals surface area (Å²) in [6.45, 7) is 0. The third-order valence-corrected chi connectivity index (χ3v) is 7.01. The van der Waals surface area contributed by atoms with E-state index in [-0.39, 0.29) is 23.0 Å². The minimum Gasteiger partial charge on any atom is -0.504 e. The molecule has 6 aromatic carbocycles. The first-order chi connectivity index (χ1) is 18.0. The number of hydrogen-bond acceptors (Lipinski definition) is 4. The Labute approximate surface area is 214 Å². The van der Waals surface area contributed by atoms with Gasteiger partial charge in [-0.25, -0.2) is 0 Å². The van der Waals surface area contributed by atoms with Gasteiger partial charge in [-0.3, -0.25) is 0 Å². The van der Waals surface area contributed by atoms with E-state index in [2.05, 4.69) is 0 Å². The zero-order valence-electron chi connectivity index (χ0n) is 19.8. The SMILES string of the molecule is Oc1cc2ccccc2c(C(c2ccc(-c3ccccc3)cc2)c2c(O)c(O)cc3ccccc23)c1O. The Balaban J connectivity index is 1.69. The normalized spacial score (nSPS) is 11.4. The highest BCUT2D eigenvalue weighted by Crippen LogP contribution is 2.51. The number of hydrogen-bond donors (Lipinski definition) is 4. The average molecular weight is 485 g/mol. The Morgan fingerprint density at radius 2 is 0.865 bits per heavy atom. The molecule has 0 spiro atoms. The zero-order valence-corrected chi connectivity index (χ0v) is 19.8. The van der Waals surface area contributed by atoms with E-state index in [1.165, 1.54) is 12.1 Å². The van der Waals surface area contributed by atoms with E-state index in [9.17, 15) is 20.4 Å². The lowest BCUT2D eigenvalue weighted by atomic mass is 9.79. The van der Waals surface area contributed by atoms with Gasteiger partial charge in [-0.2, -0.15) is 0 Å². The molecule has 0 atom stereocenters. The third kappa shape index (κ3) is 3.80. The quantitative estimate of drug-likeness (QED) is 0.153. The first-order valence-corrected chi connectivity index (χ1v) is 12.1. The second-order valence-corrected chi connectivity index (χ2v) is 9.18. The lowest BCUT2D eigenvalue weighted by Gasteiger charge is -2.25. The Kier molecular flexibility index (Phi) is 5.42. The summed E-state index contributed by atoms with van der Waals surface area (Å²) in [5, 5.41) is 46.9. The molecule has 6 rings (SSSR count). The Bertz CT molecular complexity index is 1660. The molecular formula is C33H24O4. The fourth-order valence-corrected chi connectivity index (χ4v) is 5.26. The molecule has 0 bridgehead atoms. The van der Waals surface area contributed by atoms with E-state index in [1.807, 2.05) is 103 Å². The number of phenolic OH excluding ortho intramolecular Hbond substituents is 4. The van der Waals surface area contributed by atoms with Gasteiger partial charge in [0, 0.05) is 17.0 Å². The van der Waals surface area contributed by atoms with Crippen molar-refractivity contribution in [2.75, 3.05) is 0 Å². The van der Waals surface area contributed by atoms with Crippen LogP contribution in [-0.4, -0.2) is 20.4 Å². The molecule has 0 unspecified atom stereocenters. The van der Waals surface area contributed by atoms with Crippen molar-refractivity contribution in [3.05, 3.63) is 132 Å². The summed E-state index contributed by atoms with van der Waals surface area (Å²) in [4.78, 5) is 0.